The van der Waals surface area contributed by atoms with Crippen molar-refractivity contribution in [3.63, 3.8) is 0 Å². The molecule has 0 saturated heterocycles. The van der Waals surface area contributed by atoms with Crippen molar-refractivity contribution >= 4 is 22.9 Å². The average Bonchev–Trinajstić information content (AvgIpc) is 2.38. The van der Waals surface area contributed by atoms with Gasteiger partial charge in [0.15, 0.2) is 11.6 Å². The zero-order valence-electron chi connectivity index (χ0n) is 9.81. The van der Waals surface area contributed by atoms with Crippen LogP contribution in [0.2, 0.25) is 0 Å². The number of benzene rings is 2. The molecule has 0 atom stereocenters. The molecule has 2 aromatic rings. The van der Waals surface area contributed by atoms with Crippen LogP contribution in [0.1, 0.15) is 31.8 Å². The van der Waals surface area contributed by atoms with Gasteiger partial charge < -0.3 is 16.6 Å². The Hall–Kier alpha value is -2.82. The lowest BCUT2D eigenvalue weighted by Crippen LogP contribution is -2.23. The number of aromatic hydroxyl groups is 1. The number of phenols is 1. The number of hydrogen-bond acceptors (Lipinski definition) is 5. The predicted octanol–water partition coefficient (Wildman–Crippen LogP) is 1.33. The molecule has 0 spiro atoms. The monoisotopic (exact) mass is 254 g/mol. The van der Waals surface area contributed by atoms with Crippen LogP contribution in [-0.2, 0) is 0 Å². The van der Waals surface area contributed by atoms with Gasteiger partial charge in [0.1, 0.15) is 5.75 Å². The van der Waals surface area contributed by atoms with E-state index in [1.807, 2.05) is 0 Å². The molecular weight excluding hydrogens is 244 g/mol. The van der Waals surface area contributed by atoms with Gasteiger partial charge in [-0.15, -0.1) is 0 Å². The van der Waals surface area contributed by atoms with Gasteiger partial charge in [0.05, 0.1) is 16.7 Å². The maximum atomic E-state index is 12.4. The summed E-state index contributed by atoms with van der Waals surface area (Å²) in [5, 5.41) is 9.79. The van der Waals surface area contributed by atoms with Gasteiger partial charge in [-0.1, -0.05) is 12.1 Å². The van der Waals surface area contributed by atoms with Crippen LogP contribution >= 0.6 is 0 Å². The number of phenolic OH excluding ortho intramolecular Hbond substituents is 1. The number of carbonyl (C=O) groups is 2. The maximum Gasteiger partial charge on any atom is 0.200 e. The van der Waals surface area contributed by atoms with Crippen molar-refractivity contribution in [2.45, 2.75) is 0 Å². The number of rotatable bonds is 0. The van der Waals surface area contributed by atoms with Gasteiger partial charge in [0.25, 0.3) is 0 Å². The molecule has 0 saturated carbocycles. The lowest BCUT2D eigenvalue weighted by Gasteiger charge is -2.20. The van der Waals surface area contributed by atoms with Gasteiger partial charge in [-0.05, 0) is 18.2 Å². The number of ketones is 2. The van der Waals surface area contributed by atoms with Crippen molar-refractivity contribution in [1.29, 1.82) is 0 Å². The van der Waals surface area contributed by atoms with E-state index in [9.17, 15) is 14.7 Å². The minimum absolute atomic E-state index is 0.0164. The molecule has 0 amide bonds. The van der Waals surface area contributed by atoms with Crippen molar-refractivity contribution in [1.82, 2.24) is 0 Å². The lowest BCUT2D eigenvalue weighted by molar-refractivity contribution is 0.0978. The first-order valence-corrected chi connectivity index (χ1v) is 5.61. The van der Waals surface area contributed by atoms with Crippen molar-refractivity contribution in [3.05, 3.63) is 52.6 Å². The van der Waals surface area contributed by atoms with E-state index in [4.69, 9.17) is 11.5 Å². The van der Waals surface area contributed by atoms with Gasteiger partial charge in [-0.2, -0.15) is 0 Å². The van der Waals surface area contributed by atoms with Crippen LogP contribution in [-0.4, -0.2) is 16.7 Å². The molecule has 5 nitrogen and oxygen atoms in total. The normalized spacial score (nSPS) is 13.1. The summed E-state index contributed by atoms with van der Waals surface area (Å²) in [6.45, 7) is 0. The highest BCUT2D eigenvalue weighted by Gasteiger charge is 2.34. The van der Waals surface area contributed by atoms with Crippen molar-refractivity contribution < 1.29 is 14.7 Å². The Morgan fingerprint density at radius 2 is 1.37 bits per heavy atom. The summed E-state index contributed by atoms with van der Waals surface area (Å²) >= 11 is 0. The highest BCUT2D eigenvalue weighted by Crippen LogP contribution is 2.37. The summed E-state index contributed by atoms with van der Waals surface area (Å²) in [4.78, 5) is 24.8. The fourth-order valence-electron chi connectivity index (χ4n) is 2.35. The van der Waals surface area contributed by atoms with Crippen LogP contribution in [0.25, 0.3) is 0 Å². The molecule has 5 heteroatoms. The Morgan fingerprint density at radius 3 is 2.00 bits per heavy atom. The second-order valence-corrected chi connectivity index (χ2v) is 4.35. The number of anilines is 2. The van der Waals surface area contributed by atoms with E-state index in [1.165, 1.54) is 30.3 Å². The smallest absolute Gasteiger partial charge is 0.200 e. The van der Waals surface area contributed by atoms with Gasteiger partial charge >= 0.3 is 0 Å². The largest absolute Gasteiger partial charge is 0.507 e. The predicted molar refractivity (Wildman–Crippen MR) is 70.2 cm³/mol. The third-order valence-electron chi connectivity index (χ3n) is 3.24. The summed E-state index contributed by atoms with van der Waals surface area (Å²) in [5.74, 6) is -1.11. The van der Waals surface area contributed by atoms with Gasteiger partial charge in [-0.3, -0.25) is 9.59 Å². The van der Waals surface area contributed by atoms with Crippen molar-refractivity contribution in [3.8, 4) is 5.75 Å². The molecule has 0 fully saturated rings. The molecular formula is C14H10N2O3. The van der Waals surface area contributed by atoms with Crippen LogP contribution in [0.4, 0.5) is 11.4 Å². The molecule has 0 radical (unpaired) electrons. The molecule has 1 aliphatic rings. The third kappa shape index (κ3) is 1.35. The van der Waals surface area contributed by atoms with E-state index in [0.29, 0.717) is 0 Å². The van der Waals surface area contributed by atoms with E-state index >= 15 is 0 Å². The van der Waals surface area contributed by atoms with E-state index in [1.54, 1.807) is 0 Å². The van der Waals surface area contributed by atoms with Gasteiger partial charge in [0.2, 0.25) is 0 Å². The average molecular weight is 254 g/mol. The molecule has 5 N–H and O–H groups in total. The Balaban J connectivity index is 2.43. The maximum absolute atomic E-state index is 12.4. The minimum atomic E-state index is -0.479. The molecule has 3 rings (SSSR count). The molecule has 94 valence electrons. The highest BCUT2D eigenvalue weighted by molar-refractivity contribution is 6.32. The first-order valence-electron chi connectivity index (χ1n) is 5.61. The molecule has 0 heterocycles. The summed E-state index contributed by atoms with van der Waals surface area (Å²) < 4.78 is 0. The van der Waals surface area contributed by atoms with Crippen LogP contribution in [0.5, 0.6) is 5.75 Å². The first kappa shape index (κ1) is 11.3. The summed E-state index contributed by atoms with van der Waals surface area (Å²) in [6.07, 6.45) is 0. The lowest BCUT2D eigenvalue weighted by atomic mass is 9.82. The Kier molecular flexibility index (Phi) is 2.13. The van der Waals surface area contributed by atoms with E-state index in [2.05, 4.69) is 0 Å². The zero-order valence-corrected chi connectivity index (χ0v) is 9.81. The molecule has 0 unspecified atom stereocenters. The van der Waals surface area contributed by atoms with Crippen molar-refractivity contribution in [2.75, 3.05) is 11.5 Å². The summed E-state index contributed by atoms with van der Waals surface area (Å²) in [6, 6.07) is 7.32. The topological polar surface area (TPSA) is 106 Å². The number of nitrogen functional groups attached to an aromatic ring is 2. The number of fused-ring (bicyclic) bond motifs is 2. The summed E-state index contributed by atoms with van der Waals surface area (Å²) in [5.41, 5.74) is 12.2. The van der Waals surface area contributed by atoms with Gasteiger partial charge in [0, 0.05) is 16.9 Å². The quantitative estimate of drug-likeness (QED) is 0.525. The van der Waals surface area contributed by atoms with Crippen LogP contribution in [0, 0.1) is 0 Å². The van der Waals surface area contributed by atoms with Crippen LogP contribution in [0.15, 0.2) is 30.3 Å². The minimum Gasteiger partial charge on any atom is -0.507 e. The Morgan fingerprint density at radius 1 is 0.789 bits per heavy atom. The van der Waals surface area contributed by atoms with E-state index in [-0.39, 0.29) is 39.4 Å². The molecule has 0 bridgehead atoms. The fraction of sp³-hybridized carbons (Fsp3) is 0. The Bertz CT molecular complexity index is 751. The second-order valence-electron chi connectivity index (χ2n) is 4.35. The third-order valence-corrected chi connectivity index (χ3v) is 3.24. The zero-order chi connectivity index (χ0) is 13.7. The SMILES string of the molecule is Nc1ccc(N)c2c1C(=O)c1cccc(O)c1C2=O. The van der Waals surface area contributed by atoms with Gasteiger partial charge in [-0.25, -0.2) is 0 Å². The van der Waals surface area contributed by atoms with Crippen LogP contribution < -0.4 is 11.5 Å². The highest BCUT2D eigenvalue weighted by atomic mass is 16.3. The van der Waals surface area contributed by atoms with Crippen molar-refractivity contribution in [2.24, 2.45) is 0 Å². The summed E-state index contributed by atoms with van der Waals surface area (Å²) in [7, 11) is 0. The van der Waals surface area contributed by atoms with E-state index in [0.717, 1.165) is 0 Å². The number of carbonyl (C=O) groups excluding carboxylic acids is 2. The molecule has 19 heavy (non-hydrogen) atoms. The standard InChI is InChI=1S/C14H10N2O3/c15-7-4-5-8(16)12-11(7)13(18)6-2-1-3-9(17)10(6)14(12)19/h1-5,17H,15-16H2. The van der Waals surface area contributed by atoms with Crippen LogP contribution in [0.3, 0.4) is 0 Å². The molecule has 2 aromatic carbocycles. The fourth-order valence-corrected chi connectivity index (χ4v) is 2.35. The Labute approximate surface area is 108 Å². The second kappa shape index (κ2) is 3.58. The number of nitrogens with two attached hydrogens (primary N) is 2. The molecule has 0 aliphatic heterocycles. The first-order chi connectivity index (χ1) is 9.02. The van der Waals surface area contributed by atoms with E-state index < -0.39 is 11.6 Å². The molecule has 0 aromatic heterocycles. The number of hydrogen-bond donors (Lipinski definition) is 3. The molecule has 1 aliphatic carbocycles.